The second kappa shape index (κ2) is 30.7. The number of rotatable bonds is 16. The maximum absolute atomic E-state index is 13.9. The summed E-state index contributed by atoms with van der Waals surface area (Å²) in [5.41, 5.74) is 5.89. The first-order valence-corrected chi connectivity index (χ1v) is 32.2. The molecule has 2 atom stereocenters. The number of carboxylic acids is 1. The molecule has 2 fully saturated rings. The second-order valence-corrected chi connectivity index (χ2v) is 25.3. The number of fused-ring (bicyclic) bond motifs is 2. The van der Waals surface area contributed by atoms with Gasteiger partial charge in [-0.25, -0.2) is 13.6 Å². The Morgan fingerprint density at radius 2 is 1.07 bits per heavy atom. The van der Waals surface area contributed by atoms with Gasteiger partial charge in [0, 0.05) is 54.5 Å². The SMILES string of the molecule is CCOC(=O)CP(=O)(OCC)OCC.COc1cc(C(=O)N2CC[C@@]3(CCC(=CC(=O)O)C3)Cc3ccccc32)ccc1NC(=O)c1cc(F)ccc1Cl.COc1cc(C(=O)N2CC[C@@]3(CCC(=O)C3)Cc3ccccc32)ccc1NC(=O)c1cc(F)ccc1Cl. The van der Waals surface area contributed by atoms with E-state index in [0.717, 1.165) is 85.2 Å². The molecule has 480 valence electrons. The average Bonchev–Trinajstić information content (AvgIpc) is 1.68. The molecule has 2 spiro atoms. The lowest BCUT2D eigenvalue weighted by Crippen LogP contribution is -2.33. The van der Waals surface area contributed by atoms with Crippen LogP contribution in [-0.2, 0) is 45.6 Å². The molecule has 2 heterocycles. The first-order valence-electron chi connectivity index (χ1n) is 29.7. The van der Waals surface area contributed by atoms with Crippen LogP contribution in [0.3, 0.4) is 0 Å². The summed E-state index contributed by atoms with van der Waals surface area (Å²) < 4.78 is 64.5. The first-order chi connectivity index (χ1) is 43.5. The van der Waals surface area contributed by atoms with E-state index >= 15 is 0 Å². The van der Waals surface area contributed by atoms with Gasteiger partial charge in [0.1, 0.15) is 35.1 Å². The second-order valence-electron chi connectivity index (χ2n) is 22.5. The third-order valence-electron chi connectivity index (χ3n) is 16.3. The van der Waals surface area contributed by atoms with Gasteiger partial charge in [-0.2, -0.15) is 0 Å². The van der Waals surface area contributed by atoms with Crippen LogP contribution in [0.2, 0.25) is 10.0 Å². The number of allylic oxidation sites excluding steroid dienone is 1. The Hall–Kier alpha value is -8.26. The van der Waals surface area contributed by atoms with Crippen LogP contribution in [0, 0.1) is 22.5 Å². The van der Waals surface area contributed by atoms with Crippen molar-refractivity contribution in [3.05, 3.63) is 188 Å². The zero-order valence-corrected chi connectivity index (χ0v) is 53.5. The Labute approximate surface area is 536 Å². The van der Waals surface area contributed by atoms with Crippen molar-refractivity contribution >= 4 is 94.9 Å². The zero-order valence-electron chi connectivity index (χ0n) is 51.0. The molecule has 0 saturated heterocycles. The van der Waals surface area contributed by atoms with Gasteiger partial charge in [-0.3, -0.25) is 33.3 Å². The summed E-state index contributed by atoms with van der Waals surface area (Å²) in [6.45, 7) is 6.80. The number of hydrogen-bond donors (Lipinski definition) is 3. The van der Waals surface area contributed by atoms with Gasteiger partial charge in [0.15, 0.2) is 0 Å². The number of carboxylic acid groups (broad SMARTS) is 1. The predicted octanol–water partition coefficient (Wildman–Crippen LogP) is 14.4. The Kier molecular flexibility index (Phi) is 23.2. The van der Waals surface area contributed by atoms with Crippen LogP contribution in [0.5, 0.6) is 11.5 Å². The van der Waals surface area contributed by atoms with Gasteiger partial charge in [0.2, 0.25) is 0 Å². The Bertz CT molecular complexity index is 3820. The van der Waals surface area contributed by atoms with Crippen molar-refractivity contribution in [2.75, 3.05) is 73.7 Å². The number of halogens is 4. The number of ketones is 1. The summed E-state index contributed by atoms with van der Waals surface area (Å²) in [6, 6.07) is 32.3. The quantitative estimate of drug-likeness (QED) is 0.0465. The molecule has 18 nitrogen and oxygen atoms in total. The minimum Gasteiger partial charge on any atom is -0.495 e. The zero-order chi connectivity index (χ0) is 65.6. The van der Waals surface area contributed by atoms with Gasteiger partial charge >= 0.3 is 19.5 Å². The fourth-order valence-corrected chi connectivity index (χ4v) is 13.9. The molecule has 3 N–H and O–H groups in total. The molecular formula is C68H71Cl2F2N4O14P. The molecule has 0 aromatic heterocycles. The number of nitrogens with zero attached hydrogens (tertiary/aromatic N) is 2. The fourth-order valence-electron chi connectivity index (χ4n) is 12.1. The van der Waals surface area contributed by atoms with Crippen LogP contribution >= 0.6 is 30.8 Å². The maximum Gasteiger partial charge on any atom is 0.341 e. The Morgan fingerprint density at radius 1 is 0.604 bits per heavy atom. The van der Waals surface area contributed by atoms with Crippen LogP contribution < -0.4 is 29.9 Å². The van der Waals surface area contributed by atoms with Crippen LogP contribution in [0.4, 0.5) is 31.5 Å². The van der Waals surface area contributed by atoms with Crippen molar-refractivity contribution in [2.24, 2.45) is 10.8 Å². The smallest absolute Gasteiger partial charge is 0.341 e. The van der Waals surface area contributed by atoms with Gasteiger partial charge in [0.05, 0.1) is 66.6 Å². The highest BCUT2D eigenvalue weighted by atomic mass is 35.5. The number of anilines is 4. The number of ether oxygens (including phenoxy) is 3. The Morgan fingerprint density at radius 3 is 1.49 bits per heavy atom. The van der Waals surface area contributed by atoms with E-state index in [1.54, 1.807) is 67.0 Å². The fraction of sp³-hybridized carbons (Fsp3) is 0.338. The van der Waals surface area contributed by atoms with Crippen molar-refractivity contribution in [3.63, 3.8) is 0 Å². The highest BCUT2D eigenvalue weighted by molar-refractivity contribution is 7.54. The molecule has 91 heavy (non-hydrogen) atoms. The summed E-state index contributed by atoms with van der Waals surface area (Å²) >= 11 is 12.1. The van der Waals surface area contributed by atoms with Crippen LogP contribution in [0.15, 0.2) is 133 Å². The van der Waals surface area contributed by atoms with E-state index < -0.39 is 43.0 Å². The van der Waals surface area contributed by atoms with E-state index in [4.69, 9.17) is 41.7 Å². The summed E-state index contributed by atoms with van der Waals surface area (Å²) in [5.74, 6) is -3.43. The average molecular weight is 1310 g/mol. The van der Waals surface area contributed by atoms with E-state index in [0.29, 0.717) is 60.6 Å². The van der Waals surface area contributed by atoms with E-state index in [9.17, 15) is 52.0 Å². The Balaban J connectivity index is 0.000000195. The maximum atomic E-state index is 13.9. The minimum absolute atomic E-state index is 0.00984. The third-order valence-corrected chi connectivity index (χ3v) is 19.0. The standard InChI is InChI=1S/C31H28ClFN2O5.C29H26ClFN2O4.C8H17O5P/c1-40-27-15-20(6-9-25(27)34-29(38)23-16-22(33)7-8-24(23)32)30(39)35-13-12-31(11-10-19(17-31)14-28(36)37)18-21-4-2-3-5-26(21)35;1-37-26-14-18(6-9-24(26)32-27(35)22-15-20(31)7-8-23(22)30)28(36)33-13-12-29(11-10-21(34)17-29)16-19-4-2-3-5-25(19)33;1-4-11-8(9)7-14(10,12-5-2)13-6-3/h2-9,14-16H,10-13,17-18H2,1H3,(H,34,38)(H,36,37);2-9,14-15H,10-13,16-17H2,1H3,(H,32,35);4-7H2,1-3H3/t31-;29-;/m10./s1. The number of esters is 1. The van der Waals surface area contributed by atoms with E-state index in [2.05, 4.69) is 15.4 Å². The number of para-hydroxylation sites is 2. The third kappa shape index (κ3) is 17.2. The molecule has 10 rings (SSSR count). The largest absolute Gasteiger partial charge is 0.495 e. The minimum atomic E-state index is -3.28. The van der Waals surface area contributed by atoms with Crippen LogP contribution in [0.1, 0.15) is 125 Å². The van der Waals surface area contributed by atoms with E-state index in [1.807, 2.05) is 48.5 Å². The first kappa shape index (κ1) is 68.6. The molecule has 4 amide bonds. The highest BCUT2D eigenvalue weighted by Gasteiger charge is 2.43. The molecular weight excluding hydrogens is 1240 g/mol. The van der Waals surface area contributed by atoms with Crippen molar-refractivity contribution < 1.29 is 75.3 Å². The molecule has 2 aliphatic carbocycles. The van der Waals surface area contributed by atoms with Crippen molar-refractivity contribution in [1.29, 1.82) is 0 Å². The topological polar surface area (TPSA) is 233 Å². The summed E-state index contributed by atoms with van der Waals surface area (Å²) in [4.78, 5) is 91.1. The predicted molar refractivity (Wildman–Crippen MR) is 343 cm³/mol. The molecule has 0 radical (unpaired) electrons. The number of carbonyl (C=O) groups is 7. The van der Waals surface area contributed by atoms with Crippen molar-refractivity contribution in [1.82, 2.24) is 0 Å². The molecule has 23 heteroatoms. The van der Waals surface area contributed by atoms with Gasteiger partial charge < -0.3 is 48.8 Å². The van der Waals surface area contributed by atoms with E-state index in [1.165, 1.54) is 44.6 Å². The van der Waals surface area contributed by atoms with E-state index in [-0.39, 0.29) is 81.3 Å². The normalized spacial score (nSPS) is 17.9. The van der Waals surface area contributed by atoms with Crippen molar-refractivity contribution in [3.8, 4) is 11.5 Å². The molecule has 2 saturated carbocycles. The van der Waals surface area contributed by atoms with Gasteiger partial charge in [-0.1, -0.05) is 65.2 Å². The molecule has 0 unspecified atom stereocenters. The van der Waals surface area contributed by atoms with Gasteiger partial charge in [-0.05, 0) is 179 Å². The lowest BCUT2D eigenvalue weighted by molar-refractivity contribution is -0.140. The van der Waals surface area contributed by atoms with Crippen LogP contribution in [0.25, 0.3) is 0 Å². The molecule has 6 aromatic carbocycles. The number of hydrogen-bond acceptors (Lipinski definition) is 13. The number of aliphatic carboxylic acids is 1. The molecule has 4 aliphatic rings. The number of methoxy groups -OCH3 is 2. The number of Topliss-reactive ketones (excluding diaryl/α,β-unsaturated/α-hetero) is 1. The lowest BCUT2D eigenvalue weighted by atomic mass is 9.77. The number of nitrogens with one attached hydrogen (secondary N) is 2. The summed E-state index contributed by atoms with van der Waals surface area (Å²) in [6.07, 6.45) is 8.36. The monoisotopic (exact) mass is 1310 g/mol. The number of benzene rings is 6. The molecule has 6 aromatic rings. The number of amides is 4. The summed E-state index contributed by atoms with van der Waals surface area (Å²) in [5, 5.41) is 14.8. The molecule has 2 aliphatic heterocycles. The summed E-state index contributed by atoms with van der Waals surface area (Å²) in [7, 11) is -0.406. The lowest BCUT2D eigenvalue weighted by Gasteiger charge is -2.27. The number of carbonyl (C=O) groups excluding carboxylic acids is 6. The van der Waals surface area contributed by atoms with Gasteiger partial charge in [0.25, 0.3) is 23.6 Å². The van der Waals surface area contributed by atoms with Crippen LogP contribution in [-0.4, -0.2) is 99.7 Å². The van der Waals surface area contributed by atoms with Gasteiger partial charge in [-0.15, -0.1) is 0 Å². The van der Waals surface area contributed by atoms with Crippen molar-refractivity contribution in [2.45, 2.75) is 85.0 Å². The molecule has 0 bridgehead atoms. The highest BCUT2D eigenvalue weighted by Crippen LogP contribution is 2.51.